The molecule has 236 valence electrons. The number of aliphatic carboxylic acids is 2. The third kappa shape index (κ3) is 6.21. The van der Waals surface area contributed by atoms with E-state index in [1.54, 1.807) is 13.2 Å². The number of allylic oxidation sites excluding steroid dienone is 2. The fraction of sp³-hybridized carbons (Fsp3) is 0.353. The maximum absolute atomic E-state index is 13.2. The first kappa shape index (κ1) is 31.5. The molecule has 0 spiro atoms. The van der Waals surface area contributed by atoms with E-state index in [1.165, 1.54) is 0 Å². The summed E-state index contributed by atoms with van der Waals surface area (Å²) in [5.41, 5.74) is 10.3. The summed E-state index contributed by atoms with van der Waals surface area (Å²) < 4.78 is 5.72. The topological polar surface area (TPSA) is 174 Å². The fourth-order valence-corrected chi connectivity index (χ4v) is 6.35. The van der Waals surface area contributed by atoms with Gasteiger partial charge in [0.2, 0.25) is 0 Å². The molecular formula is C34H38N4O7. The van der Waals surface area contributed by atoms with E-state index in [-0.39, 0.29) is 24.7 Å². The van der Waals surface area contributed by atoms with Crippen LogP contribution in [0, 0.1) is 13.8 Å². The van der Waals surface area contributed by atoms with Crippen LogP contribution in [0.5, 0.6) is 0 Å². The van der Waals surface area contributed by atoms with Crippen LogP contribution in [0.3, 0.4) is 0 Å². The van der Waals surface area contributed by atoms with E-state index in [4.69, 9.17) is 4.74 Å². The summed E-state index contributed by atoms with van der Waals surface area (Å²) in [5.74, 6) is -2.33. The molecule has 0 fully saturated rings. The molecule has 45 heavy (non-hydrogen) atoms. The molecule has 2 aromatic heterocycles. The van der Waals surface area contributed by atoms with Crippen molar-refractivity contribution < 1.29 is 34.1 Å². The first-order valence-electron chi connectivity index (χ1n) is 14.9. The number of carbonyl (C=O) groups excluding carboxylic acids is 2. The molecule has 8 bridgehead atoms. The maximum Gasteiger partial charge on any atom is 0.303 e. The molecule has 2 aromatic rings. The van der Waals surface area contributed by atoms with Gasteiger partial charge >= 0.3 is 11.9 Å². The van der Waals surface area contributed by atoms with Crippen molar-refractivity contribution in [2.45, 2.75) is 72.3 Å². The third-order valence-corrected chi connectivity index (χ3v) is 8.96. The largest absolute Gasteiger partial charge is 0.481 e. The zero-order valence-corrected chi connectivity index (χ0v) is 26.1. The number of aromatic amines is 2. The lowest BCUT2D eigenvalue weighted by atomic mass is 9.98. The van der Waals surface area contributed by atoms with Gasteiger partial charge in [-0.05, 0) is 92.5 Å². The van der Waals surface area contributed by atoms with Crippen molar-refractivity contribution in [3.63, 3.8) is 0 Å². The first-order chi connectivity index (χ1) is 21.4. The second-order valence-corrected chi connectivity index (χ2v) is 11.7. The number of aromatic nitrogens is 2. The van der Waals surface area contributed by atoms with Crippen LogP contribution in [0.2, 0.25) is 0 Å². The van der Waals surface area contributed by atoms with Crippen LogP contribution in [0.25, 0.3) is 12.2 Å². The highest BCUT2D eigenvalue weighted by molar-refractivity contribution is 6.04. The predicted molar refractivity (Wildman–Crippen MR) is 168 cm³/mol. The van der Waals surface area contributed by atoms with Crippen LogP contribution in [0.4, 0.5) is 0 Å². The monoisotopic (exact) mass is 614 g/mol. The summed E-state index contributed by atoms with van der Waals surface area (Å²) in [4.78, 5) is 56.2. The van der Waals surface area contributed by atoms with Crippen molar-refractivity contribution in [2.75, 3.05) is 7.11 Å². The Bertz CT molecular complexity index is 1780. The highest BCUT2D eigenvalue weighted by Crippen LogP contribution is 2.33. The Morgan fingerprint density at radius 2 is 1.33 bits per heavy atom. The number of H-pyrrole nitrogens is 2. The van der Waals surface area contributed by atoms with Crippen molar-refractivity contribution in [2.24, 2.45) is 0 Å². The molecule has 5 rings (SSSR count). The molecule has 0 unspecified atom stereocenters. The smallest absolute Gasteiger partial charge is 0.303 e. The average Bonchev–Trinajstić information content (AvgIpc) is 3.62. The molecule has 0 aromatic carbocycles. The number of fused-ring (bicyclic) bond motifs is 6. The van der Waals surface area contributed by atoms with Gasteiger partial charge in [-0.2, -0.15) is 0 Å². The van der Waals surface area contributed by atoms with Crippen LogP contribution in [-0.2, 0) is 43.2 Å². The second-order valence-electron chi connectivity index (χ2n) is 11.7. The Balaban J connectivity index is 1.72. The highest BCUT2D eigenvalue weighted by atomic mass is 16.5. The van der Waals surface area contributed by atoms with Crippen LogP contribution >= 0.6 is 0 Å². The number of hydrogen-bond acceptors (Lipinski definition) is 5. The third-order valence-electron chi connectivity index (χ3n) is 8.96. The summed E-state index contributed by atoms with van der Waals surface area (Å²) in [5, 5.41) is 24.9. The van der Waals surface area contributed by atoms with Crippen LogP contribution in [0.1, 0.15) is 78.1 Å². The fourth-order valence-electron chi connectivity index (χ4n) is 6.35. The molecule has 6 N–H and O–H groups in total. The van der Waals surface area contributed by atoms with Crippen molar-refractivity contribution >= 4 is 35.9 Å². The number of nitrogens with one attached hydrogen (secondary N) is 4. The zero-order chi connectivity index (χ0) is 32.6. The van der Waals surface area contributed by atoms with Gasteiger partial charge in [-0.15, -0.1) is 0 Å². The molecule has 0 saturated carbocycles. The van der Waals surface area contributed by atoms with Gasteiger partial charge in [0, 0.05) is 66.1 Å². The second kappa shape index (κ2) is 12.6. The average molecular weight is 615 g/mol. The number of carboxylic acid groups (broad SMARTS) is 2. The molecule has 1 atom stereocenters. The summed E-state index contributed by atoms with van der Waals surface area (Å²) in [6.45, 7) is 7.56. The van der Waals surface area contributed by atoms with Crippen molar-refractivity contribution in [3.05, 3.63) is 90.9 Å². The van der Waals surface area contributed by atoms with Gasteiger partial charge in [-0.1, -0.05) is 12.2 Å². The summed E-state index contributed by atoms with van der Waals surface area (Å²) in [6, 6.07) is 0. The standard InChI is InChI=1S/C34H38N4O7/c1-16-20(9-11-30(39)40)27-15-28-21(10-12-31(41)42)17(2)24(36-28)14-26-19(4)32(34(44)38-26)29(45-5)8-6-7-22-18(3)25(37-33(22)43)13-23(16)35-27/h6-7,13-14,29,35-36H,8-12,15H2,1-5H3,(H,37,43)(H,38,44)(H,39,40)(H,41,42)/b7-6-,25-13-,26-14+/t29-/m0/s1. The quantitative estimate of drug-likeness (QED) is 0.272. The number of methoxy groups -OCH3 is 1. The van der Waals surface area contributed by atoms with Gasteiger partial charge in [-0.3, -0.25) is 19.2 Å². The molecule has 5 heterocycles. The van der Waals surface area contributed by atoms with E-state index >= 15 is 0 Å². The molecule has 0 aliphatic carbocycles. The minimum atomic E-state index is -0.915. The number of carboxylic acids is 2. The van der Waals surface area contributed by atoms with Gasteiger partial charge in [0.25, 0.3) is 11.8 Å². The van der Waals surface area contributed by atoms with Gasteiger partial charge in [0.15, 0.2) is 0 Å². The summed E-state index contributed by atoms with van der Waals surface area (Å²) >= 11 is 0. The molecule has 0 saturated heterocycles. The minimum absolute atomic E-state index is 0.0601. The molecule has 2 amide bonds. The number of carbonyl (C=O) groups is 4. The van der Waals surface area contributed by atoms with Gasteiger partial charge < -0.3 is 35.6 Å². The van der Waals surface area contributed by atoms with E-state index in [0.29, 0.717) is 48.2 Å². The summed E-state index contributed by atoms with van der Waals surface area (Å²) in [7, 11) is 1.55. The summed E-state index contributed by atoms with van der Waals surface area (Å²) in [6.07, 6.45) is 7.96. The Kier molecular flexibility index (Phi) is 8.83. The Labute approximate surface area is 260 Å². The van der Waals surface area contributed by atoms with Crippen LogP contribution in [-0.4, -0.2) is 57.1 Å². The van der Waals surface area contributed by atoms with Gasteiger partial charge in [0.05, 0.1) is 11.7 Å². The van der Waals surface area contributed by atoms with E-state index < -0.39 is 18.0 Å². The van der Waals surface area contributed by atoms with E-state index in [2.05, 4.69) is 20.6 Å². The van der Waals surface area contributed by atoms with Crippen LogP contribution in [0.15, 0.2) is 45.8 Å². The maximum atomic E-state index is 13.2. The Hall–Kier alpha value is -4.90. The SMILES string of the molecule is CO[C@H]1C/C=C\C2=C(C)C(=C/c3[nH]c(c(CCC(=O)O)c3C)Cc3[nH]c(c(C)c3CCC(=O)O)/C=C3/NC(=O)C1=C3C)/NC2=O. The minimum Gasteiger partial charge on any atom is -0.481 e. The molecule has 3 aliphatic heterocycles. The van der Waals surface area contributed by atoms with E-state index in [9.17, 15) is 29.4 Å². The predicted octanol–water partition coefficient (Wildman–Crippen LogP) is 4.13. The van der Waals surface area contributed by atoms with Crippen molar-refractivity contribution in [1.82, 2.24) is 20.6 Å². The molecule has 0 radical (unpaired) electrons. The number of ether oxygens (including phenoxy) is 1. The highest BCUT2D eigenvalue weighted by Gasteiger charge is 2.31. The lowest BCUT2D eigenvalue weighted by Crippen LogP contribution is -2.24. The number of hydrogen-bond donors (Lipinski definition) is 6. The molecule has 3 aliphatic rings. The van der Waals surface area contributed by atoms with Crippen molar-refractivity contribution in [3.8, 4) is 0 Å². The van der Waals surface area contributed by atoms with Gasteiger partial charge in [-0.25, -0.2) is 0 Å². The Morgan fingerprint density at radius 3 is 1.84 bits per heavy atom. The molecule has 11 heteroatoms. The van der Waals surface area contributed by atoms with E-state index in [0.717, 1.165) is 56.2 Å². The van der Waals surface area contributed by atoms with Crippen molar-refractivity contribution in [1.29, 1.82) is 0 Å². The van der Waals surface area contributed by atoms with Gasteiger partial charge in [0.1, 0.15) is 0 Å². The lowest BCUT2D eigenvalue weighted by Gasteiger charge is -2.14. The number of amides is 2. The number of rotatable bonds is 7. The molecule has 11 nitrogen and oxygen atoms in total. The molecular weight excluding hydrogens is 576 g/mol. The Morgan fingerprint density at radius 1 is 0.822 bits per heavy atom. The van der Waals surface area contributed by atoms with E-state index in [1.807, 2.05) is 45.9 Å². The lowest BCUT2D eigenvalue weighted by molar-refractivity contribution is -0.138. The first-order valence-corrected chi connectivity index (χ1v) is 14.9. The zero-order valence-electron chi connectivity index (χ0n) is 26.1. The normalized spacial score (nSPS) is 21.3. The van der Waals surface area contributed by atoms with Crippen LogP contribution < -0.4 is 10.6 Å².